The third-order valence-corrected chi connectivity index (χ3v) is 4.67. The van der Waals surface area contributed by atoms with Gasteiger partial charge >= 0.3 is 0 Å². The third-order valence-electron chi connectivity index (χ3n) is 2.31. The van der Waals surface area contributed by atoms with E-state index in [1.165, 1.54) is 0 Å². The summed E-state index contributed by atoms with van der Waals surface area (Å²) in [6.07, 6.45) is 0. The van der Waals surface area contributed by atoms with E-state index in [1.54, 1.807) is 11.8 Å². The molecule has 0 saturated carbocycles. The molecule has 0 aliphatic rings. The van der Waals surface area contributed by atoms with Crippen molar-refractivity contribution in [1.29, 1.82) is 0 Å². The Morgan fingerprint density at radius 2 is 1.88 bits per heavy atom. The van der Waals surface area contributed by atoms with E-state index in [9.17, 15) is 0 Å². The van der Waals surface area contributed by atoms with Crippen LogP contribution in [0.5, 0.6) is 0 Å². The highest BCUT2D eigenvalue weighted by atomic mass is 79.9. The Morgan fingerprint density at radius 3 is 2.59 bits per heavy atom. The highest BCUT2D eigenvalue weighted by Gasteiger charge is 2.06. The molecule has 0 bridgehead atoms. The Morgan fingerprint density at radius 1 is 1.12 bits per heavy atom. The SMILES string of the molecule is NCc1ccc(Cl)cc1Sc1ccccc1Br. The summed E-state index contributed by atoms with van der Waals surface area (Å²) in [6, 6.07) is 13.9. The van der Waals surface area contributed by atoms with Crippen molar-refractivity contribution < 1.29 is 0 Å². The lowest BCUT2D eigenvalue weighted by molar-refractivity contribution is 1.03. The molecule has 2 rings (SSSR count). The topological polar surface area (TPSA) is 26.0 Å². The molecule has 0 aliphatic heterocycles. The van der Waals surface area contributed by atoms with E-state index in [-0.39, 0.29) is 0 Å². The van der Waals surface area contributed by atoms with Crippen LogP contribution in [0.2, 0.25) is 5.02 Å². The van der Waals surface area contributed by atoms with Crippen LogP contribution < -0.4 is 5.73 Å². The molecule has 88 valence electrons. The third kappa shape index (κ3) is 3.26. The Labute approximate surface area is 118 Å². The molecule has 0 aromatic heterocycles. The van der Waals surface area contributed by atoms with E-state index in [4.69, 9.17) is 17.3 Å². The second kappa shape index (κ2) is 5.91. The molecule has 0 heterocycles. The van der Waals surface area contributed by atoms with Crippen LogP contribution in [0, 0.1) is 0 Å². The zero-order chi connectivity index (χ0) is 12.3. The summed E-state index contributed by atoms with van der Waals surface area (Å²) < 4.78 is 1.08. The Bertz CT molecular complexity index is 531. The Hall–Kier alpha value is -0.480. The van der Waals surface area contributed by atoms with E-state index in [0.717, 1.165) is 24.8 Å². The molecule has 4 heteroatoms. The maximum atomic E-state index is 6.01. The van der Waals surface area contributed by atoms with Crippen LogP contribution in [-0.4, -0.2) is 0 Å². The van der Waals surface area contributed by atoms with Crippen molar-refractivity contribution in [1.82, 2.24) is 0 Å². The molecule has 0 aliphatic carbocycles. The van der Waals surface area contributed by atoms with Gasteiger partial charge in [0.1, 0.15) is 0 Å². The quantitative estimate of drug-likeness (QED) is 0.883. The molecular formula is C13H11BrClNS. The normalized spacial score (nSPS) is 10.5. The zero-order valence-electron chi connectivity index (χ0n) is 8.99. The molecule has 0 unspecified atom stereocenters. The van der Waals surface area contributed by atoms with E-state index >= 15 is 0 Å². The molecule has 0 atom stereocenters. The molecule has 2 aromatic rings. The van der Waals surface area contributed by atoms with E-state index < -0.39 is 0 Å². The van der Waals surface area contributed by atoms with Crippen LogP contribution in [0.4, 0.5) is 0 Å². The molecule has 0 spiro atoms. The first-order chi connectivity index (χ1) is 8.20. The van der Waals surface area contributed by atoms with Gasteiger partial charge in [-0.1, -0.05) is 41.6 Å². The van der Waals surface area contributed by atoms with Gasteiger partial charge in [-0.2, -0.15) is 0 Å². The fraction of sp³-hybridized carbons (Fsp3) is 0.0769. The van der Waals surface area contributed by atoms with E-state index in [1.807, 2.05) is 36.4 Å². The molecule has 0 saturated heterocycles. The summed E-state index contributed by atoms with van der Waals surface area (Å²) in [7, 11) is 0. The number of nitrogens with two attached hydrogens (primary N) is 1. The Balaban J connectivity index is 2.35. The van der Waals surface area contributed by atoms with Crippen molar-refractivity contribution in [2.75, 3.05) is 0 Å². The lowest BCUT2D eigenvalue weighted by Crippen LogP contribution is -1.98. The predicted octanol–water partition coefficient (Wildman–Crippen LogP) is 4.71. The van der Waals surface area contributed by atoms with Gasteiger partial charge in [0.15, 0.2) is 0 Å². The summed E-state index contributed by atoms with van der Waals surface area (Å²) in [5.74, 6) is 0. The van der Waals surface area contributed by atoms with Crippen LogP contribution in [0.3, 0.4) is 0 Å². The van der Waals surface area contributed by atoms with Crippen molar-refractivity contribution in [3.8, 4) is 0 Å². The highest BCUT2D eigenvalue weighted by molar-refractivity contribution is 9.10. The summed E-state index contributed by atoms with van der Waals surface area (Å²) >= 11 is 11.2. The molecule has 2 N–H and O–H groups in total. The van der Waals surface area contributed by atoms with Gasteiger partial charge in [-0.15, -0.1) is 0 Å². The largest absolute Gasteiger partial charge is 0.326 e. The predicted molar refractivity (Wildman–Crippen MR) is 77.6 cm³/mol. The minimum absolute atomic E-state index is 0.518. The smallest absolute Gasteiger partial charge is 0.0417 e. The van der Waals surface area contributed by atoms with Crippen LogP contribution in [0.25, 0.3) is 0 Å². The molecule has 0 amide bonds. The standard InChI is InChI=1S/C13H11BrClNS/c14-11-3-1-2-4-12(11)17-13-7-10(15)6-5-9(13)8-16/h1-7H,8,16H2. The number of hydrogen-bond donors (Lipinski definition) is 1. The van der Waals surface area contributed by atoms with Gasteiger partial charge in [0, 0.05) is 25.8 Å². The van der Waals surface area contributed by atoms with Gasteiger partial charge in [-0.05, 0) is 45.8 Å². The van der Waals surface area contributed by atoms with Crippen LogP contribution in [-0.2, 0) is 6.54 Å². The zero-order valence-corrected chi connectivity index (χ0v) is 12.1. The minimum atomic E-state index is 0.518. The molecule has 1 nitrogen and oxygen atoms in total. The van der Waals surface area contributed by atoms with Crippen molar-refractivity contribution in [2.45, 2.75) is 16.3 Å². The van der Waals surface area contributed by atoms with Crippen molar-refractivity contribution >= 4 is 39.3 Å². The Kier molecular flexibility index (Phi) is 4.51. The fourth-order valence-corrected chi connectivity index (χ4v) is 3.22. The summed E-state index contributed by atoms with van der Waals surface area (Å²) in [6.45, 7) is 0.518. The van der Waals surface area contributed by atoms with Gasteiger partial charge < -0.3 is 5.73 Å². The lowest BCUT2D eigenvalue weighted by atomic mass is 10.2. The average molecular weight is 329 g/mol. The average Bonchev–Trinajstić information content (AvgIpc) is 2.32. The van der Waals surface area contributed by atoms with Crippen molar-refractivity contribution in [2.24, 2.45) is 5.73 Å². The second-order valence-electron chi connectivity index (χ2n) is 3.49. The first-order valence-electron chi connectivity index (χ1n) is 5.11. The summed E-state index contributed by atoms with van der Waals surface area (Å²) in [4.78, 5) is 2.26. The lowest BCUT2D eigenvalue weighted by Gasteiger charge is -2.09. The van der Waals surface area contributed by atoms with Crippen molar-refractivity contribution in [3.05, 3.63) is 57.5 Å². The maximum absolute atomic E-state index is 6.01. The number of halogens is 2. The first kappa shape index (κ1) is 13.0. The van der Waals surface area contributed by atoms with Crippen LogP contribution in [0.1, 0.15) is 5.56 Å². The molecule has 17 heavy (non-hydrogen) atoms. The molecule has 0 radical (unpaired) electrons. The van der Waals surface area contributed by atoms with Gasteiger partial charge in [-0.3, -0.25) is 0 Å². The summed E-state index contributed by atoms with van der Waals surface area (Å²) in [5.41, 5.74) is 6.83. The minimum Gasteiger partial charge on any atom is -0.326 e. The second-order valence-corrected chi connectivity index (χ2v) is 5.86. The fourth-order valence-electron chi connectivity index (χ4n) is 1.44. The van der Waals surface area contributed by atoms with Gasteiger partial charge in [0.05, 0.1) is 0 Å². The molecular weight excluding hydrogens is 318 g/mol. The number of hydrogen-bond acceptors (Lipinski definition) is 2. The van der Waals surface area contributed by atoms with Gasteiger partial charge in [0.2, 0.25) is 0 Å². The van der Waals surface area contributed by atoms with Crippen LogP contribution in [0.15, 0.2) is 56.7 Å². The van der Waals surface area contributed by atoms with E-state index in [0.29, 0.717) is 6.54 Å². The first-order valence-corrected chi connectivity index (χ1v) is 7.10. The number of rotatable bonds is 3. The summed E-state index contributed by atoms with van der Waals surface area (Å²) in [5, 5.41) is 0.733. The monoisotopic (exact) mass is 327 g/mol. The number of benzene rings is 2. The van der Waals surface area contributed by atoms with Crippen LogP contribution >= 0.6 is 39.3 Å². The maximum Gasteiger partial charge on any atom is 0.0417 e. The highest BCUT2D eigenvalue weighted by Crippen LogP contribution is 2.36. The van der Waals surface area contributed by atoms with E-state index in [2.05, 4.69) is 22.0 Å². The molecule has 2 aromatic carbocycles. The van der Waals surface area contributed by atoms with Crippen molar-refractivity contribution in [3.63, 3.8) is 0 Å². The van der Waals surface area contributed by atoms with Gasteiger partial charge in [-0.25, -0.2) is 0 Å². The molecule has 0 fully saturated rings. The van der Waals surface area contributed by atoms with Gasteiger partial charge in [0.25, 0.3) is 0 Å².